The second-order valence-electron chi connectivity index (χ2n) is 6.15. The van der Waals surface area contributed by atoms with Crippen LogP contribution in [0.1, 0.15) is 30.4 Å². The summed E-state index contributed by atoms with van der Waals surface area (Å²) >= 11 is 0. The number of carbonyl (C=O) groups is 1. The number of hydrogen-bond donors (Lipinski definition) is 1. The molecule has 0 radical (unpaired) electrons. The number of nitrogens with two attached hydrogens (primary N) is 1. The van der Waals surface area contributed by atoms with E-state index in [0.717, 1.165) is 43.7 Å². The lowest BCUT2D eigenvalue weighted by atomic mass is 10.1. The van der Waals surface area contributed by atoms with Crippen LogP contribution in [-0.4, -0.2) is 49.8 Å². The summed E-state index contributed by atoms with van der Waals surface area (Å²) in [5.74, 6) is 0.828. The van der Waals surface area contributed by atoms with Gasteiger partial charge in [-0.1, -0.05) is 17.7 Å². The number of amides is 1. The van der Waals surface area contributed by atoms with Crippen LogP contribution in [0.5, 0.6) is 5.75 Å². The van der Waals surface area contributed by atoms with Crippen molar-refractivity contribution in [2.75, 3.05) is 32.8 Å². The molecule has 1 saturated heterocycles. The van der Waals surface area contributed by atoms with Gasteiger partial charge in [0.25, 0.3) is 5.91 Å². The molecule has 2 rings (SSSR count). The van der Waals surface area contributed by atoms with E-state index in [0.29, 0.717) is 13.2 Å². The number of hydrogen-bond acceptors (Lipinski definition) is 4. The van der Waals surface area contributed by atoms with Gasteiger partial charge in [-0.2, -0.15) is 0 Å². The molecule has 1 aliphatic rings. The molecule has 0 atom stereocenters. The summed E-state index contributed by atoms with van der Waals surface area (Å²) in [4.78, 5) is 14.1. The quantitative estimate of drug-likeness (QED) is 0.781. The highest BCUT2D eigenvalue weighted by molar-refractivity contribution is 5.77. The van der Waals surface area contributed by atoms with E-state index in [9.17, 15) is 4.79 Å². The highest BCUT2D eigenvalue weighted by Crippen LogP contribution is 2.19. The largest absolute Gasteiger partial charge is 0.484 e. The van der Waals surface area contributed by atoms with E-state index < -0.39 is 0 Å². The van der Waals surface area contributed by atoms with Crippen molar-refractivity contribution in [2.24, 2.45) is 5.73 Å². The van der Waals surface area contributed by atoms with Crippen LogP contribution < -0.4 is 10.5 Å². The van der Waals surface area contributed by atoms with Gasteiger partial charge in [0.15, 0.2) is 6.61 Å². The summed E-state index contributed by atoms with van der Waals surface area (Å²) in [6, 6.07) is 5.98. The molecule has 0 aliphatic carbocycles. The molecule has 1 heterocycles. The predicted octanol–water partition coefficient (Wildman–Crippen LogP) is 2.04. The van der Waals surface area contributed by atoms with Crippen LogP contribution in [0.4, 0.5) is 0 Å². The third kappa shape index (κ3) is 5.52. The molecule has 0 unspecified atom stereocenters. The summed E-state index contributed by atoms with van der Waals surface area (Å²) in [5.41, 5.74) is 7.71. The lowest BCUT2D eigenvalue weighted by Gasteiger charge is -2.32. The minimum atomic E-state index is 0.0467. The zero-order chi connectivity index (χ0) is 16.7. The Morgan fingerprint density at radius 3 is 2.70 bits per heavy atom. The monoisotopic (exact) mass is 320 g/mol. The van der Waals surface area contributed by atoms with Crippen molar-refractivity contribution in [1.82, 2.24) is 4.90 Å². The number of ether oxygens (including phenoxy) is 2. The molecule has 1 aliphatic heterocycles. The molecule has 0 saturated carbocycles. The molecular formula is C18H28N2O3. The average Bonchev–Trinajstić information content (AvgIpc) is 2.55. The van der Waals surface area contributed by atoms with Crippen LogP contribution in [0.15, 0.2) is 18.2 Å². The van der Waals surface area contributed by atoms with Crippen molar-refractivity contribution < 1.29 is 14.3 Å². The molecule has 0 aromatic heterocycles. The van der Waals surface area contributed by atoms with Crippen LogP contribution >= 0.6 is 0 Å². The topological polar surface area (TPSA) is 64.8 Å². The molecule has 1 aromatic rings. The smallest absolute Gasteiger partial charge is 0.260 e. The molecule has 23 heavy (non-hydrogen) atoms. The second-order valence-corrected chi connectivity index (χ2v) is 6.15. The maximum absolute atomic E-state index is 12.3. The molecule has 2 N–H and O–H groups in total. The maximum atomic E-state index is 12.3. The minimum Gasteiger partial charge on any atom is -0.484 e. The molecule has 1 fully saturated rings. The van der Waals surface area contributed by atoms with Crippen molar-refractivity contribution in [3.05, 3.63) is 29.3 Å². The Morgan fingerprint density at radius 1 is 1.30 bits per heavy atom. The zero-order valence-corrected chi connectivity index (χ0v) is 14.2. The predicted molar refractivity (Wildman–Crippen MR) is 90.6 cm³/mol. The van der Waals surface area contributed by atoms with Crippen LogP contribution in [0.2, 0.25) is 0 Å². The van der Waals surface area contributed by atoms with Gasteiger partial charge in [-0.05, 0) is 51.3 Å². The minimum absolute atomic E-state index is 0.0467. The second kappa shape index (κ2) is 8.89. The van der Waals surface area contributed by atoms with Crippen LogP contribution in [0, 0.1) is 13.8 Å². The first kappa shape index (κ1) is 17.8. The molecular weight excluding hydrogens is 292 g/mol. The maximum Gasteiger partial charge on any atom is 0.260 e. The van der Waals surface area contributed by atoms with E-state index in [2.05, 4.69) is 6.07 Å². The first-order chi connectivity index (χ1) is 11.1. The van der Waals surface area contributed by atoms with Gasteiger partial charge in [0.1, 0.15) is 5.75 Å². The third-order valence-electron chi connectivity index (χ3n) is 4.18. The van der Waals surface area contributed by atoms with Gasteiger partial charge in [-0.25, -0.2) is 0 Å². The molecule has 0 bridgehead atoms. The van der Waals surface area contributed by atoms with Crippen LogP contribution in [0.3, 0.4) is 0 Å². The fourth-order valence-corrected chi connectivity index (χ4v) is 2.80. The molecule has 5 nitrogen and oxygen atoms in total. The van der Waals surface area contributed by atoms with Crippen molar-refractivity contribution in [2.45, 2.75) is 39.2 Å². The van der Waals surface area contributed by atoms with Gasteiger partial charge in [0, 0.05) is 19.7 Å². The standard InChI is InChI=1S/C18H28N2O3/c1-14-4-5-17(15(2)12-14)23-13-18(21)20-9-6-16(7-10-20)22-11-3-8-19/h4-5,12,16H,3,6-11,13,19H2,1-2H3. The van der Waals surface area contributed by atoms with Gasteiger partial charge >= 0.3 is 0 Å². The molecule has 128 valence electrons. The molecule has 1 aromatic carbocycles. The van der Waals surface area contributed by atoms with Crippen molar-refractivity contribution in [3.8, 4) is 5.75 Å². The number of likely N-dealkylation sites (tertiary alicyclic amines) is 1. The number of rotatable bonds is 7. The SMILES string of the molecule is Cc1ccc(OCC(=O)N2CCC(OCCCN)CC2)c(C)c1. The average molecular weight is 320 g/mol. The first-order valence-electron chi connectivity index (χ1n) is 8.39. The van der Waals surface area contributed by atoms with Crippen molar-refractivity contribution in [3.63, 3.8) is 0 Å². The van der Waals surface area contributed by atoms with E-state index in [1.54, 1.807) is 0 Å². The van der Waals surface area contributed by atoms with E-state index in [1.807, 2.05) is 30.9 Å². The summed E-state index contributed by atoms with van der Waals surface area (Å²) in [7, 11) is 0. The van der Waals surface area contributed by atoms with E-state index in [4.69, 9.17) is 15.2 Å². The Kier molecular flexibility index (Phi) is 6.86. The zero-order valence-electron chi connectivity index (χ0n) is 14.2. The summed E-state index contributed by atoms with van der Waals surface area (Å²) < 4.78 is 11.4. The summed E-state index contributed by atoms with van der Waals surface area (Å²) in [6.07, 6.45) is 2.92. The van der Waals surface area contributed by atoms with Crippen LogP contribution in [-0.2, 0) is 9.53 Å². The molecule has 5 heteroatoms. The highest BCUT2D eigenvalue weighted by atomic mass is 16.5. The van der Waals surface area contributed by atoms with Crippen LogP contribution in [0.25, 0.3) is 0 Å². The Morgan fingerprint density at radius 2 is 2.04 bits per heavy atom. The van der Waals surface area contributed by atoms with Gasteiger partial charge in [-0.15, -0.1) is 0 Å². The Balaban J connectivity index is 1.72. The van der Waals surface area contributed by atoms with E-state index in [-0.39, 0.29) is 18.6 Å². The first-order valence-corrected chi connectivity index (χ1v) is 8.39. The van der Waals surface area contributed by atoms with Gasteiger partial charge < -0.3 is 20.1 Å². The van der Waals surface area contributed by atoms with Gasteiger partial charge in [0.05, 0.1) is 6.10 Å². The number of carbonyl (C=O) groups excluding carboxylic acids is 1. The number of benzene rings is 1. The third-order valence-corrected chi connectivity index (χ3v) is 4.18. The van der Waals surface area contributed by atoms with Crippen molar-refractivity contribution in [1.29, 1.82) is 0 Å². The lowest BCUT2D eigenvalue weighted by molar-refractivity contribution is -0.136. The van der Waals surface area contributed by atoms with Gasteiger partial charge in [0.2, 0.25) is 0 Å². The fourth-order valence-electron chi connectivity index (χ4n) is 2.80. The lowest BCUT2D eigenvalue weighted by Crippen LogP contribution is -2.43. The van der Waals surface area contributed by atoms with Crippen molar-refractivity contribution >= 4 is 5.91 Å². The summed E-state index contributed by atoms with van der Waals surface area (Å²) in [5, 5.41) is 0. The molecule has 1 amide bonds. The highest BCUT2D eigenvalue weighted by Gasteiger charge is 2.23. The summed E-state index contributed by atoms with van der Waals surface area (Å²) in [6.45, 7) is 6.99. The Bertz CT molecular complexity index is 511. The van der Waals surface area contributed by atoms with Gasteiger partial charge in [-0.3, -0.25) is 4.79 Å². The van der Waals surface area contributed by atoms with E-state index >= 15 is 0 Å². The van der Waals surface area contributed by atoms with E-state index in [1.165, 1.54) is 5.56 Å². The number of piperidine rings is 1. The Labute approximate surface area is 138 Å². The number of nitrogens with zero attached hydrogens (tertiary/aromatic N) is 1. The fraction of sp³-hybridized carbons (Fsp3) is 0.611. The Hall–Kier alpha value is -1.59. The molecule has 0 spiro atoms. The number of aryl methyl sites for hydroxylation is 2. The normalized spacial score (nSPS) is 15.7.